The Morgan fingerprint density at radius 3 is 2.86 bits per heavy atom. The van der Waals surface area contributed by atoms with E-state index in [4.69, 9.17) is 10.4 Å². The highest BCUT2D eigenvalue weighted by atomic mass is 16.4. The Bertz CT molecular complexity index is 549. The van der Waals surface area contributed by atoms with Crippen LogP contribution in [0.4, 0.5) is 0 Å². The van der Waals surface area contributed by atoms with Gasteiger partial charge in [-0.25, -0.2) is 0 Å². The van der Waals surface area contributed by atoms with Crippen molar-refractivity contribution in [3.8, 4) is 6.07 Å². The van der Waals surface area contributed by atoms with Crippen molar-refractivity contribution in [1.82, 2.24) is 15.6 Å². The maximum atomic E-state index is 11.7. The third-order valence-corrected chi connectivity index (χ3v) is 2.47. The minimum absolute atomic E-state index is 0.0240. The number of nitrogens with zero attached hydrogens (tertiary/aromatic N) is 2. The minimum atomic E-state index is -0.919. The van der Waals surface area contributed by atoms with Crippen molar-refractivity contribution in [2.45, 2.75) is 19.4 Å². The summed E-state index contributed by atoms with van der Waals surface area (Å²) >= 11 is 0. The molecule has 0 aromatic carbocycles. The van der Waals surface area contributed by atoms with Crippen molar-refractivity contribution in [2.75, 3.05) is 6.54 Å². The van der Waals surface area contributed by atoms with Crippen LogP contribution in [0.3, 0.4) is 0 Å². The maximum absolute atomic E-state index is 11.7. The number of nitriles is 1. The SMILES string of the molecule is N#C/C(=C/NCc1ccccn1)C(=O)NCCCC(=O)O. The molecule has 0 aliphatic heterocycles. The van der Waals surface area contributed by atoms with E-state index < -0.39 is 11.9 Å². The number of pyridine rings is 1. The van der Waals surface area contributed by atoms with Gasteiger partial charge in [-0.15, -0.1) is 0 Å². The largest absolute Gasteiger partial charge is 0.481 e. The van der Waals surface area contributed by atoms with Gasteiger partial charge in [0.25, 0.3) is 5.91 Å². The third kappa shape index (κ3) is 6.73. The fourth-order valence-electron chi connectivity index (χ4n) is 1.45. The normalized spacial score (nSPS) is 10.5. The van der Waals surface area contributed by atoms with Gasteiger partial charge in [-0.2, -0.15) is 5.26 Å². The predicted molar refractivity (Wildman–Crippen MR) is 74.7 cm³/mol. The van der Waals surface area contributed by atoms with Crippen LogP contribution in [-0.4, -0.2) is 28.5 Å². The van der Waals surface area contributed by atoms with E-state index in [0.717, 1.165) is 5.69 Å². The number of aliphatic carboxylic acids is 1. The zero-order valence-corrected chi connectivity index (χ0v) is 11.4. The molecule has 0 saturated carbocycles. The molecule has 3 N–H and O–H groups in total. The van der Waals surface area contributed by atoms with Crippen molar-refractivity contribution in [3.05, 3.63) is 41.9 Å². The van der Waals surface area contributed by atoms with Crippen LogP contribution in [0.2, 0.25) is 0 Å². The Kier molecular flexibility index (Phi) is 7.00. The predicted octanol–water partition coefficient (Wildman–Crippen LogP) is 0.560. The third-order valence-electron chi connectivity index (χ3n) is 2.47. The van der Waals surface area contributed by atoms with Crippen molar-refractivity contribution in [2.24, 2.45) is 0 Å². The number of carbonyl (C=O) groups is 2. The molecule has 1 rings (SSSR count). The molecule has 1 heterocycles. The van der Waals surface area contributed by atoms with E-state index in [1.54, 1.807) is 18.3 Å². The van der Waals surface area contributed by atoms with Crippen LogP contribution in [0.15, 0.2) is 36.2 Å². The van der Waals surface area contributed by atoms with E-state index in [-0.39, 0.29) is 18.5 Å². The average Bonchev–Trinajstić information content (AvgIpc) is 2.49. The molecular formula is C14H16N4O3. The van der Waals surface area contributed by atoms with Gasteiger partial charge in [0, 0.05) is 25.4 Å². The van der Waals surface area contributed by atoms with Crippen LogP contribution in [-0.2, 0) is 16.1 Å². The molecule has 7 nitrogen and oxygen atoms in total. The molecule has 0 saturated heterocycles. The Balaban J connectivity index is 2.38. The molecule has 21 heavy (non-hydrogen) atoms. The summed E-state index contributed by atoms with van der Waals surface area (Å²) in [6.07, 6.45) is 3.27. The summed E-state index contributed by atoms with van der Waals surface area (Å²) in [7, 11) is 0. The van der Waals surface area contributed by atoms with E-state index >= 15 is 0 Å². The summed E-state index contributed by atoms with van der Waals surface area (Å²) in [4.78, 5) is 26.1. The number of rotatable bonds is 8. The first-order valence-corrected chi connectivity index (χ1v) is 6.37. The van der Waals surface area contributed by atoms with Gasteiger partial charge in [0.1, 0.15) is 11.6 Å². The Labute approximate surface area is 122 Å². The number of hydrogen-bond donors (Lipinski definition) is 3. The summed E-state index contributed by atoms with van der Waals surface area (Å²) in [5.74, 6) is -1.45. The van der Waals surface area contributed by atoms with Crippen LogP contribution in [0, 0.1) is 11.3 Å². The van der Waals surface area contributed by atoms with E-state index in [2.05, 4.69) is 15.6 Å². The lowest BCUT2D eigenvalue weighted by Crippen LogP contribution is -2.27. The van der Waals surface area contributed by atoms with Gasteiger partial charge in [-0.05, 0) is 18.6 Å². The van der Waals surface area contributed by atoms with Crippen LogP contribution < -0.4 is 10.6 Å². The quantitative estimate of drug-likeness (QED) is 0.366. The molecule has 0 bridgehead atoms. The molecule has 110 valence electrons. The minimum Gasteiger partial charge on any atom is -0.481 e. The molecule has 0 fully saturated rings. The Hall–Kier alpha value is -2.88. The second-order valence-corrected chi connectivity index (χ2v) is 4.12. The first kappa shape index (κ1) is 16.2. The first-order valence-electron chi connectivity index (χ1n) is 6.37. The van der Waals surface area contributed by atoms with Crippen LogP contribution in [0.1, 0.15) is 18.5 Å². The standard InChI is InChI=1S/C14H16N4O3/c15-8-11(14(21)18-7-3-5-13(19)20)9-16-10-12-4-1-2-6-17-12/h1-2,4,6,9,16H,3,5,7,10H2,(H,18,21)(H,19,20)/b11-9-. The molecule has 0 aliphatic carbocycles. The first-order chi connectivity index (χ1) is 10.1. The highest BCUT2D eigenvalue weighted by Crippen LogP contribution is 1.95. The fourth-order valence-corrected chi connectivity index (χ4v) is 1.45. The number of nitrogens with one attached hydrogen (secondary N) is 2. The molecule has 0 radical (unpaired) electrons. The molecule has 0 aliphatic rings. The summed E-state index contributed by atoms with van der Waals surface area (Å²) in [5.41, 5.74) is 0.717. The Morgan fingerprint density at radius 1 is 1.43 bits per heavy atom. The van der Waals surface area contributed by atoms with Gasteiger partial charge in [-0.1, -0.05) is 6.07 Å². The lowest BCUT2D eigenvalue weighted by atomic mass is 10.2. The number of carboxylic acid groups (broad SMARTS) is 1. The summed E-state index contributed by atoms with van der Waals surface area (Å²) in [6.45, 7) is 0.614. The van der Waals surface area contributed by atoms with E-state index in [0.29, 0.717) is 13.0 Å². The zero-order valence-electron chi connectivity index (χ0n) is 11.4. The number of amides is 1. The van der Waals surface area contributed by atoms with Crippen LogP contribution >= 0.6 is 0 Å². The molecule has 0 atom stereocenters. The summed E-state index contributed by atoms with van der Waals surface area (Å²) in [6, 6.07) is 7.24. The average molecular weight is 288 g/mol. The molecule has 1 aromatic heterocycles. The molecule has 0 unspecified atom stereocenters. The van der Waals surface area contributed by atoms with E-state index in [1.807, 2.05) is 12.1 Å². The molecule has 7 heteroatoms. The zero-order chi connectivity index (χ0) is 15.5. The molecule has 1 amide bonds. The number of hydrogen-bond acceptors (Lipinski definition) is 5. The van der Waals surface area contributed by atoms with Crippen molar-refractivity contribution in [1.29, 1.82) is 5.26 Å². The van der Waals surface area contributed by atoms with Gasteiger partial charge in [0.15, 0.2) is 0 Å². The van der Waals surface area contributed by atoms with Gasteiger partial charge in [-0.3, -0.25) is 14.6 Å². The van der Waals surface area contributed by atoms with Crippen LogP contribution in [0.5, 0.6) is 0 Å². The van der Waals surface area contributed by atoms with Gasteiger partial charge >= 0.3 is 5.97 Å². The van der Waals surface area contributed by atoms with E-state index in [1.165, 1.54) is 6.20 Å². The molecular weight excluding hydrogens is 272 g/mol. The number of carboxylic acids is 1. The lowest BCUT2D eigenvalue weighted by Gasteiger charge is -2.04. The smallest absolute Gasteiger partial charge is 0.303 e. The van der Waals surface area contributed by atoms with Crippen LogP contribution in [0.25, 0.3) is 0 Å². The highest BCUT2D eigenvalue weighted by molar-refractivity contribution is 5.97. The monoisotopic (exact) mass is 288 g/mol. The molecule has 0 spiro atoms. The van der Waals surface area contributed by atoms with Crippen molar-refractivity contribution >= 4 is 11.9 Å². The maximum Gasteiger partial charge on any atom is 0.303 e. The van der Waals surface area contributed by atoms with Gasteiger partial charge in [0.2, 0.25) is 0 Å². The van der Waals surface area contributed by atoms with Gasteiger partial charge < -0.3 is 15.7 Å². The van der Waals surface area contributed by atoms with Crippen molar-refractivity contribution in [3.63, 3.8) is 0 Å². The highest BCUT2D eigenvalue weighted by Gasteiger charge is 2.08. The summed E-state index contributed by atoms with van der Waals surface area (Å²) in [5, 5.41) is 22.7. The topological polar surface area (TPSA) is 115 Å². The number of aromatic nitrogens is 1. The van der Waals surface area contributed by atoms with E-state index in [9.17, 15) is 9.59 Å². The number of carbonyl (C=O) groups excluding carboxylic acids is 1. The Morgan fingerprint density at radius 2 is 2.24 bits per heavy atom. The van der Waals surface area contributed by atoms with Gasteiger partial charge in [0.05, 0.1) is 12.2 Å². The summed E-state index contributed by atoms with van der Waals surface area (Å²) < 4.78 is 0. The second-order valence-electron chi connectivity index (χ2n) is 4.12. The van der Waals surface area contributed by atoms with Crippen molar-refractivity contribution < 1.29 is 14.7 Å². The second kappa shape index (κ2) is 9.09. The fraction of sp³-hybridized carbons (Fsp3) is 0.286. The lowest BCUT2D eigenvalue weighted by molar-refractivity contribution is -0.137. The molecule has 1 aromatic rings.